The monoisotopic (exact) mass is 253 g/mol. The molecule has 0 fully saturated rings. The molecule has 1 aromatic carbocycles. The molecular weight excluding hydrogens is 229 g/mol. The molecule has 0 saturated carbocycles. The molecule has 0 aliphatic rings. The zero-order valence-electron chi connectivity index (χ0n) is 11.8. The van der Waals surface area contributed by atoms with E-state index in [1.54, 1.807) is 0 Å². The van der Waals surface area contributed by atoms with Crippen molar-refractivity contribution in [3.05, 3.63) is 29.6 Å². The molecule has 2 atom stereocenters. The minimum absolute atomic E-state index is 0.0275. The predicted octanol–water partition coefficient (Wildman–Crippen LogP) is 3.96. The number of aromatic hydroxyl groups is 1. The van der Waals surface area contributed by atoms with Crippen LogP contribution in [-0.4, -0.2) is 23.1 Å². The number of nitrogens with zero attached hydrogens (tertiary/aromatic N) is 1. The second kappa shape index (κ2) is 6.74. The highest BCUT2D eigenvalue weighted by Crippen LogP contribution is 2.29. The van der Waals surface area contributed by atoms with Gasteiger partial charge in [0, 0.05) is 18.2 Å². The molecule has 1 rings (SSSR count). The second-order valence-corrected chi connectivity index (χ2v) is 4.98. The first-order chi connectivity index (χ1) is 8.49. The van der Waals surface area contributed by atoms with E-state index >= 15 is 0 Å². The zero-order chi connectivity index (χ0) is 13.7. The number of phenols is 1. The Morgan fingerprint density at radius 2 is 1.94 bits per heavy atom. The Hall–Kier alpha value is -1.09. The molecule has 0 aromatic heterocycles. The molecular formula is C15H24FNO. The number of halogens is 1. The minimum atomic E-state index is -0.297. The number of hydrogen-bond acceptors (Lipinski definition) is 2. The second-order valence-electron chi connectivity index (χ2n) is 4.98. The number of phenolic OH excluding ortho intramolecular Hbond substituents is 1. The van der Waals surface area contributed by atoms with E-state index in [4.69, 9.17) is 0 Å². The van der Waals surface area contributed by atoms with Crippen LogP contribution in [0.4, 0.5) is 4.39 Å². The third kappa shape index (κ3) is 3.70. The molecule has 0 amide bonds. The standard InChI is InChI=1S/C15H24FNO/c1-5-11(3)10-17(6-2)12(4)14-9-13(16)7-8-15(14)18/h7-9,11-12,18H,5-6,10H2,1-4H3. The summed E-state index contributed by atoms with van der Waals surface area (Å²) in [5.74, 6) is 0.476. The van der Waals surface area contributed by atoms with E-state index in [2.05, 4.69) is 25.7 Å². The zero-order valence-corrected chi connectivity index (χ0v) is 11.8. The van der Waals surface area contributed by atoms with Crippen molar-refractivity contribution in [1.82, 2.24) is 4.90 Å². The molecule has 2 unspecified atom stereocenters. The van der Waals surface area contributed by atoms with Crippen LogP contribution in [0.1, 0.15) is 45.7 Å². The van der Waals surface area contributed by atoms with E-state index < -0.39 is 0 Å². The van der Waals surface area contributed by atoms with Gasteiger partial charge in [-0.2, -0.15) is 0 Å². The average Bonchev–Trinajstić information content (AvgIpc) is 2.37. The van der Waals surface area contributed by atoms with Gasteiger partial charge in [0.05, 0.1) is 0 Å². The maximum atomic E-state index is 13.3. The first kappa shape index (κ1) is 15.0. The topological polar surface area (TPSA) is 23.5 Å². The lowest BCUT2D eigenvalue weighted by Crippen LogP contribution is -2.31. The van der Waals surface area contributed by atoms with Gasteiger partial charge in [-0.3, -0.25) is 4.90 Å². The molecule has 1 aromatic rings. The van der Waals surface area contributed by atoms with Crippen LogP contribution in [-0.2, 0) is 0 Å². The summed E-state index contributed by atoms with van der Waals surface area (Å²) in [6.07, 6.45) is 1.12. The van der Waals surface area contributed by atoms with Crippen molar-refractivity contribution in [2.45, 2.75) is 40.2 Å². The van der Waals surface area contributed by atoms with Gasteiger partial charge in [-0.25, -0.2) is 4.39 Å². The Kier molecular flexibility index (Phi) is 5.60. The average molecular weight is 253 g/mol. The van der Waals surface area contributed by atoms with Crippen molar-refractivity contribution in [2.75, 3.05) is 13.1 Å². The number of rotatable bonds is 6. The number of benzene rings is 1. The van der Waals surface area contributed by atoms with Crippen LogP contribution in [0.5, 0.6) is 5.75 Å². The highest BCUT2D eigenvalue weighted by atomic mass is 19.1. The van der Waals surface area contributed by atoms with Crippen LogP contribution in [0.2, 0.25) is 0 Å². The fraction of sp³-hybridized carbons (Fsp3) is 0.600. The van der Waals surface area contributed by atoms with E-state index in [9.17, 15) is 9.50 Å². The van der Waals surface area contributed by atoms with Crippen molar-refractivity contribution in [2.24, 2.45) is 5.92 Å². The first-order valence-corrected chi connectivity index (χ1v) is 6.72. The molecule has 18 heavy (non-hydrogen) atoms. The van der Waals surface area contributed by atoms with Crippen molar-refractivity contribution in [1.29, 1.82) is 0 Å². The van der Waals surface area contributed by atoms with Crippen LogP contribution < -0.4 is 0 Å². The van der Waals surface area contributed by atoms with E-state index in [0.29, 0.717) is 11.5 Å². The highest BCUT2D eigenvalue weighted by Gasteiger charge is 2.19. The van der Waals surface area contributed by atoms with E-state index in [0.717, 1.165) is 19.5 Å². The molecule has 0 bridgehead atoms. The SMILES string of the molecule is CCC(C)CN(CC)C(C)c1cc(F)ccc1O. The van der Waals surface area contributed by atoms with Crippen LogP contribution in [0, 0.1) is 11.7 Å². The van der Waals surface area contributed by atoms with Crippen molar-refractivity contribution in [3.8, 4) is 5.75 Å². The third-order valence-electron chi connectivity index (χ3n) is 3.64. The lowest BCUT2D eigenvalue weighted by molar-refractivity contribution is 0.187. The van der Waals surface area contributed by atoms with E-state index in [1.165, 1.54) is 18.2 Å². The predicted molar refractivity (Wildman–Crippen MR) is 73.2 cm³/mol. The third-order valence-corrected chi connectivity index (χ3v) is 3.64. The maximum Gasteiger partial charge on any atom is 0.123 e. The van der Waals surface area contributed by atoms with Crippen LogP contribution in [0.15, 0.2) is 18.2 Å². The summed E-state index contributed by atoms with van der Waals surface area (Å²) in [7, 11) is 0. The summed E-state index contributed by atoms with van der Waals surface area (Å²) in [5.41, 5.74) is 0.667. The molecule has 0 saturated heterocycles. The summed E-state index contributed by atoms with van der Waals surface area (Å²) < 4.78 is 13.3. The number of hydrogen-bond donors (Lipinski definition) is 1. The van der Waals surface area contributed by atoms with Gasteiger partial charge in [0.25, 0.3) is 0 Å². The molecule has 102 valence electrons. The maximum absolute atomic E-state index is 13.3. The van der Waals surface area contributed by atoms with Gasteiger partial charge in [-0.05, 0) is 37.6 Å². The lowest BCUT2D eigenvalue weighted by Gasteiger charge is -2.30. The molecule has 0 spiro atoms. The van der Waals surface area contributed by atoms with Crippen molar-refractivity contribution < 1.29 is 9.50 Å². The van der Waals surface area contributed by atoms with Gasteiger partial charge in [-0.1, -0.05) is 27.2 Å². The lowest BCUT2D eigenvalue weighted by atomic mass is 10.0. The van der Waals surface area contributed by atoms with Crippen molar-refractivity contribution >= 4 is 0 Å². The van der Waals surface area contributed by atoms with Gasteiger partial charge in [0.1, 0.15) is 11.6 Å². The molecule has 1 N–H and O–H groups in total. The van der Waals surface area contributed by atoms with Crippen LogP contribution in [0.3, 0.4) is 0 Å². The summed E-state index contributed by atoms with van der Waals surface area (Å²) in [5, 5.41) is 9.85. The minimum Gasteiger partial charge on any atom is -0.508 e. The quantitative estimate of drug-likeness (QED) is 0.829. The Labute approximate surface area is 109 Å². The van der Waals surface area contributed by atoms with Gasteiger partial charge in [-0.15, -0.1) is 0 Å². The molecule has 0 heterocycles. The van der Waals surface area contributed by atoms with Gasteiger partial charge >= 0.3 is 0 Å². The van der Waals surface area contributed by atoms with Gasteiger partial charge < -0.3 is 5.11 Å². The molecule has 2 nitrogen and oxygen atoms in total. The van der Waals surface area contributed by atoms with Crippen LogP contribution >= 0.6 is 0 Å². The molecule has 3 heteroatoms. The molecule has 0 aliphatic heterocycles. The fourth-order valence-corrected chi connectivity index (χ4v) is 2.15. The Morgan fingerprint density at radius 1 is 1.28 bits per heavy atom. The largest absolute Gasteiger partial charge is 0.508 e. The summed E-state index contributed by atoms with van der Waals surface area (Å²) in [4.78, 5) is 2.27. The van der Waals surface area contributed by atoms with Gasteiger partial charge in [0.15, 0.2) is 0 Å². The normalized spacial score (nSPS) is 14.8. The van der Waals surface area contributed by atoms with E-state index in [-0.39, 0.29) is 17.6 Å². The van der Waals surface area contributed by atoms with Crippen LogP contribution in [0.25, 0.3) is 0 Å². The van der Waals surface area contributed by atoms with Gasteiger partial charge in [0.2, 0.25) is 0 Å². The Balaban J connectivity index is 2.88. The van der Waals surface area contributed by atoms with E-state index in [1.807, 2.05) is 6.92 Å². The first-order valence-electron chi connectivity index (χ1n) is 6.72. The smallest absolute Gasteiger partial charge is 0.123 e. The Bertz CT molecular complexity index is 381. The summed E-state index contributed by atoms with van der Waals surface area (Å²) in [6.45, 7) is 10.3. The Morgan fingerprint density at radius 3 is 2.50 bits per heavy atom. The van der Waals surface area contributed by atoms with Crippen molar-refractivity contribution in [3.63, 3.8) is 0 Å². The highest BCUT2D eigenvalue weighted by molar-refractivity contribution is 5.34. The summed E-state index contributed by atoms with van der Waals surface area (Å²) in [6, 6.07) is 4.17. The summed E-state index contributed by atoms with van der Waals surface area (Å²) >= 11 is 0. The molecule has 0 aliphatic carbocycles. The molecule has 0 radical (unpaired) electrons. The fourth-order valence-electron chi connectivity index (χ4n) is 2.15.